The predicted octanol–water partition coefficient (Wildman–Crippen LogP) is 3.91. The first kappa shape index (κ1) is 17.0. The monoisotopic (exact) mass is 342 g/mol. The molecule has 1 aliphatic rings. The minimum absolute atomic E-state index is 0.0292. The number of ether oxygens (including phenoxy) is 3. The maximum atomic E-state index is 12.9. The number of benzene rings is 2. The fraction of sp³-hybridized carbons (Fsp3) is 0.316. The first-order valence-electron chi connectivity index (χ1n) is 8.22. The van der Waals surface area contributed by atoms with Crippen LogP contribution >= 0.6 is 0 Å². The number of nitrogens with zero attached hydrogens (tertiary/aromatic N) is 1. The molecule has 3 rings (SSSR count). The Morgan fingerprint density at radius 1 is 1.24 bits per heavy atom. The van der Waals surface area contributed by atoms with Gasteiger partial charge in [-0.2, -0.15) is 0 Å². The van der Waals surface area contributed by atoms with Crippen LogP contribution in [0.2, 0.25) is 0 Å². The molecule has 1 atom stereocenters. The van der Waals surface area contributed by atoms with Crippen LogP contribution < -0.4 is 24.4 Å². The number of nitrogens with one attached hydrogen (secondary N) is 1. The van der Waals surface area contributed by atoms with Gasteiger partial charge in [0.25, 0.3) is 0 Å². The molecule has 2 aromatic carbocycles. The lowest BCUT2D eigenvalue weighted by Crippen LogP contribution is -2.45. The summed E-state index contributed by atoms with van der Waals surface area (Å²) < 4.78 is 16.5. The summed E-state index contributed by atoms with van der Waals surface area (Å²) in [6.07, 6.45) is 0.794. The minimum Gasteiger partial charge on any atom is -0.497 e. The van der Waals surface area contributed by atoms with Crippen LogP contribution in [0.1, 0.15) is 13.3 Å². The van der Waals surface area contributed by atoms with E-state index in [1.54, 1.807) is 37.3 Å². The van der Waals surface area contributed by atoms with E-state index in [1.807, 2.05) is 31.2 Å². The third kappa shape index (κ3) is 3.47. The molecule has 0 aliphatic carbocycles. The summed E-state index contributed by atoms with van der Waals surface area (Å²) in [7, 11) is 3.14. The molecule has 1 N–H and O–H groups in total. The van der Waals surface area contributed by atoms with Gasteiger partial charge >= 0.3 is 6.03 Å². The lowest BCUT2D eigenvalue weighted by molar-refractivity contribution is 0.188. The van der Waals surface area contributed by atoms with Gasteiger partial charge in [0.05, 0.1) is 32.1 Å². The number of para-hydroxylation sites is 2. The first-order valence-corrected chi connectivity index (χ1v) is 8.22. The summed E-state index contributed by atoms with van der Waals surface area (Å²) in [5, 5.41) is 2.92. The van der Waals surface area contributed by atoms with E-state index in [9.17, 15) is 4.79 Å². The second-order valence-electron chi connectivity index (χ2n) is 5.72. The van der Waals surface area contributed by atoms with Crippen LogP contribution in [-0.2, 0) is 0 Å². The molecule has 6 heteroatoms. The number of urea groups is 1. The zero-order chi connectivity index (χ0) is 17.8. The highest BCUT2D eigenvalue weighted by Crippen LogP contribution is 2.35. The van der Waals surface area contributed by atoms with Crippen LogP contribution in [0, 0.1) is 0 Å². The van der Waals surface area contributed by atoms with Crippen molar-refractivity contribution >= 4 is 17.4 Å². The molecule has 2 aromatic rings. The van der Waals surface area contributed by atoms with E-state index in [0.717, 1.165) is 17.9 Å². The Labute approximate surface area is 147 Å². The van der Waals surface area contributed by atoms with Crippen molar-refractivity contribution in [1.29, 1.82) is 0 Å². The zero-order valence-corrected chi connectivity index (χ0v) is 14.6. The fourth-order valence-corrected chi connectivity index (χ4v) is 2.79. The molecule has 0 aromatic heterocycles. The van der Waals surface area contributed by atoms with E-state index in [-0.39, 0.29) is 12.1 Å². The number of methoxy groups -OCH3 is 2. The largest absolute Gasteiger partial charge is 0.497 e. The molecule has 0 saturated carbocycles. The minimum atomic E-state index is -0.224. The molecule has 6 nitrogen and oxygen atoms in total. The lowest BCUT2D eigenvalue weighted by Gasteiger charge is -2.34. The molecule has 2 amide bonds. The number of hydrogen-bond acceptors (Lipinski definition) is 4. The molecule has 1 heterocycles. The van der Waals surface area contributed by atoms with Crippen molar-refractivity contribution in [2.45, 2.75) is 19.4 Å². The Morgan fingerprint density at radius 2 is 2.04 bits per heavy atom. The molecule has 1 unspecified atom stereocenters. The highest BCUT2D eigenvalue weighted by molar-refractivity contribution is 6.03. The maximum absolute atomic E-state index is 12.9. The van der Waals surface area contributed by atoms with Gasteiger partial charge in [0, 0.05) is 6.07 Å². The van der Waals surface area contributed by atoms with Crippen molar-refractivity contribution < 1.29 is 19.0 Å². The Kier molecular flexibility index (Phi) is 4.97. The Balaban J connectivity index is 1.86. The summed E-state index contributed by atoms with van der Waals surface area (Å²) in [5.41, 5.74) is 1.35. The molecule has 0 radical (unpaired) electrons. The number of hydrogen-bond donors (Lipinski definition) is 1. The van der Waals surface area contributed by atoms with Gasteiger partial charge in [0.15, 0.2) is 0 Å². The predicted molar refractivity (Wildman–Crippen MR) is 97.1 cm³/mol. The van der Waals surface area contributed by atoms with Gasteiger partial charge in [-0.25, -0.2) is 4.79 Å². The molecule has 1 aliphatic heterocycles. The molecular formula is C19H22N2O4. The van der Waals surface area contributed by atoms with Crippen molar-refractivity contribution in [3.05, 3.63) is 42.5 Å². The van der Waals surface area contributed by atoms with Crippen LogP contribution in [0.5, 0.6) is 17.2 Å². The highest BCUT2D eigenvalue weighted by atomic mass is 16.5. The molecule has 25 heavy (non-hydrogen) atoms. The second kappa shape index (κ2) is 7.34. The summed E-state index contributed by atoms with van der Waals surface area (Å²) in [6, 6.07) is 12.6. The van der Waals surface area contributed by atoms with Crippen LogP contribution in [0.15, 0.2) is 42.5 Å². The van der Waals surface area contributed by atoms with Crippen molar-refractivity contribution in [3.8, 4) is 17.2 Å². The first-order chi connectivity index (χ1) is 12.2. The van der Waals surface area contributed by atoms with Gasteiger partial charge in [-0.3, -0.25) is 4.90 Å². The van der Waals surface area contributed by atoms with Gasteiger partial charge in [-0.15, -0.1) is 0 Å². The van der Waals surface area contributed by atoms with Crippen LogP contribution in [0.25, 0.3) is 0 Å². The fourth-order valence-electron chi connectivity index (χ4n) is 2.79. The van der Waals surface area contributed by atoms with E-state index < -0.39 is 0 Å². The van der Waals surface area contributed by atoms with E-state index in [1.165, 1.54) is 0 Å². The molecule has 0 saturated heterocycles. The highest BCUT2D eigenvalue weighted by Gasteiger charge is 2.29. The number of carbonyl (C=O) groups is 1. The van der Waals surface area contributed by atoms with E-state index in [2.05, 4.69) is 5.32 Å². The average Bonchev–Trinajstić information content (AvgIpc) is 2.67. The molecule has 0 fully saturated rings. The van der Waals surface area contributed by atoms with Crippen molar-refractivity contribution in [3.63, 3.8) is 0 Å². The Hall–Kier alpha value is -2.89. The number of amides is 2. The van der Waals surface area contributed by atoms with Crippen LogP contribution in [-0.4, -0.2) is 32.9 Å². The van der Waals surface area contributed by atoms with Gasteiger partial charge in [-0.05, 0) is 30.7 Å². The third-order valence-corrected chi connectivity index (χ3v) is 4.19. The topological polar surface area (TPSA) is 60.0 Å². The van der Waals surface area contributed by atoms with Crippen LogP contribution in [0.3, 0.4) is 0 Å². The Morgan fingerprint density at radius 3 is 2.76 bits per heavy atom. The van der Waals surface area contributed by atoms with Gasteiger partial charge < -0.3 is 19.5 Å². The van der Waals surface area contributed by atoms with Crippen molar-refractivity contribution in [1.82, 2.24) is 0 Å². The van der Waals surface area contributed by atoms with Crippen molar-refractivity contribution in [2.24, 2.45) is 0 Å². The van der Waals surface area contributed by atoms with Gasteiger partial charge in [-0.1, -0.05) is 19.1 Å². The molecule has 0 spiro atoms. The smallest absolute Gasteiger partial charge is 0.326 e. The standard InChI is InChI=1S/C19H22N2O4/c1-4-13-12-21(16-7-5-6-8-17(16)25-13)19(22)20-15-10-9-14(23-2)11-18(15)24-3/h5-11,13H,4,12H2,1-3H3,(H,20,22). The van der Waals surface area contributed by atoms with Crippen molar-refractivity contribution in [2.75, 3.05) is 31.0 Å². The van der Waals surface area contributed by atoms with Gasteiger partial charge in [0.1, 0.15) is 23.4 Å². The maximum Gasteiger partial charge on any atom is 0.326 e. The second-order valence-corrected chi connectivity index (χ2v) is 5.72. The van der Waals surface area contributed by atoms with E-state index >= 15 is 0 Å². The SMILES string of the molecule is CCC1CN(C(=O)Nc2ccc(OC)cc2OC)c2ccccc2O1. The normalized spacial score (nSPS) is 15.8. The number of carbonyl (C=O) groups excluding carboxylic acids is 1. The average molecular weight is 342 g/mol. The number of rotatable bonds is 4. The number of anilines is 2. The van der Waals surface area contributed by atoms with Crippen LogP contribution in [0.4, 0.5) is 16.2 Å². The molecular weight excluding hydrogens is 320 g/mol. The third-order valence-electron chi connectivity index (χ3n) is 4.19. The summed E-state index contributed by atoms with van der Waals surface area (Å²) in [4.78, 5) is 14.6. The lowest BCUT2D eigenvalue weighted by atomic mass is 10.1. The molecule has 132 valence electrons. The Bertz CT molecular complexity index is 763. The summed E-state index contributed by atoms with van der Waals surface area (Å²) >= 11 is 0. The molecule has 0 bridgehead atoms. The van der Waals surface area contributed by atoms with Gasteiger partial charge in [0.2, 0.25) is 0 Å². The summed E-state index contributed by atoms with van der Waals surface area (Å²) in [6.45, 7) is 2.54. The van der Waals surface area contributed by atoms with E-state index in [4.69, 9.17) is 14.2 Å². The van der Waals surface area contributed by atoms with E-state index in [0.29, 0.717) is 23.7 Å². The number of fused-ring (bicyclic) bond motifs is 1. The zero-order valence-electron chi connectivity index (χ0n) is 14.6. The quantitative estimate of drug-likeness (QED) is 0.915. The summed E-state index contributed by atoms with van der Waals surface area (Å²) in [5.74, 6) is 1.93.